The lowest BCUT2D eigenvalue weighted by Gasteiger charge is -2.26. The monoisotopic (exact) mass is 333 g/mol. The second-order valence-electron chi connectivity index (χ2n) is 4.82. The van der Waals surface area contributed by atoms with Crippen molar-refractivity contribution in [2.24, 2.45) is 0 Å². The van der Waals surface area contributed by atoms with Crippen LogP contribution in [0, 0.1) is 0 Å². The van der Waals surface area contributed by atoms with Gasteiger partial charge in [0.15, 0.2) is 0 Å². The first-order chi connectivity index (χ1) is 9.19. The minimum absolute atomic E-state index is 0. The smallest absolute Gasteiger partial charge is 0.317 e. The fourth-order valence-corrected chi connectivity index (χ4v) is 2.47. The van der Waals surface area contributed by atoms with Gasteiger partial charge in [0, 0.05) is 0 Å². The van der Waals surface area contributed by atoms with E-state index in [0.29, 0.717) is 25.9 Å². The van der Waals surface area contributed by atoms with Crippen molar-refractivity contribution >= 4 is 12.4 Å². The average molecular weight is 334 g/mol. The molecule has 1 nitrogen and oxygen atoms in total. The van der Waals surface area contributed by atoms with Crippen LogP contribution in [-0.4, -0.2) is 13.1 Å². The molecule has 21 heavy (non-hydrogen) atoms. The molecule has 1 aromatic carbocycles. The molecule has 120 valence electrons. The lowest BCUT2D eigenvalue weighted by Crippen LogP contribution is -2.28. The molecule has 0 amide bonds. The van der Waals surface area contributed by atoms with Crippen LogP contribution in [0.15, 0.2) is 18.2 Å². The van der Waals surface area contributed by atoms with Gasteiger partial charge in [-0.2, -0.15) is 26.3 Å². The molecule has 1 N–H and O–H groups in total. The van der Waals surface area contributed by atoms with Crippen molar-refractivity contribution in [2.75, 3.05) is 13.1 Å². The van der Waals surface area contributed by atoms with Gasteiger partial charge in [0.1, 0.15) is 0 Å². The third-order valence-electron chi connectivity index (χ3n) is 3.46. The molecule has 0 saturated carbocycles. The number of benzene rings is 1. The van der Waals surface area contributed by atoms with Gasteiger partial charge in [-0.05, 0) is 49.5 Å². The average Bonchev–Trinajstić information content (AvgIpc) is 2.37. The summed E-state index contributed by atoms with van der Waals surface area (Å²) >= 11 is 0. The molecule has 0 unspecified atom stereocenters. The third kappa shape index (κ3) is 4.26. The van der Waals surface area contributed by atoms with Crippen LogP contribution in [0.1, 0.15) is 35.4 Å². The molecular weight excluding hydrogens is 320 g/mol. The standard InChI is InChI=1S/C13H13F6N.ClH/c14-12(15,16)9-1-2-10(8-3-5-20-6-4-8)11(7-9)13(17,18)19;/h1-2,7-8,20H,3-6H2;1H. The molecule has 0 aromatic heterocycles. The van der Waals surface area contributed by atoms with Gasteiger partial charge in [0.05, 0.1) is 11.1 Å². The van der Waals surface area contributed by atoms with Crippen molar-refractivity contribution in [2.45, 2.75) is 31.1 Å². The summed E-state index contributed by atoms with van der Waals surface area (Å²) in [6.45, 7) is 1.14. The van der Waals surface area contributed by atoms with E-state index in [1.54, 1.807) is 0 Å². The highest BCUT2D eigenvalue weighted by atomic mass is 35.5. The molecule has 1 aromatic rings. The Bertz CT molecular complexity index is 477. The molecule has 0 spiro atoms. The van der Waals surface area contributed by atoms with E-state index >= 15 is 0 Å². The van der Waals surface area contributed by atoms with Crippen LogP contribution in [0.4, 0.5) is 26.3 Å². The topological polar surface area (TPSA) is 12.0 Å². The van der Waals surface area contributed by atoms with Gasteiger partial charge in [-0.3, -0.25) is 0 Å². The quantitative estimate of drug-likeness (QED) is 0.740. The summed E-state index contributed by atoms with van der Waals surface area (Å²) < 4.78 is 76.6. The van der Waals surface area contributed by atoms with Gasteiger partial charge in [-0.25, -0.2) is 0 Å². The molecule has 0 radical (unpaired) electrons. The van der Waals surface area contributed by atoms with Gasteiger partial charge in [-0.1, -0.05) is 6.07 Å². The van der Waals surface area contributed by atoms with Crippen LogP contribution in [0.2, 0.25) is 0 Å². The Morgan fingerprint density at radius 2 is 1.48 bits per heavy atom. The second-order valence-corrected chi connectivity index (χ2v) is 4.82. The van der Waals surface area contributed by atoms with Gasteiger partial charge in [0.2, 0.25) is 0 Å². The fraction of sp³-hybridized carbons (Fsp3) is 0.538. The normalized spacial score (nSPS) is 17.4. The lowest BCUT2D eigenvalue weighted by molar-refractivity contribution is -0.143. The van der Waals surface area contributed by atoms with E-state index in [1.807, 2.05) is 0 Å². The van der Waals surface area contributed by atoms with Crippen molar-refractivity contribution in [3.8, 4) is 0 Å². The molecule has 1 aliphatic heterocycles. The van der Waals surface area contributed by atoms with E-state index in [1.165, 1.54) is 0 Å². The van der Waals surface area contributed by atoms with Gasteiger partial charge < -0.3 is 5.32 Å². The summed E-state index contributed by atoms with van der Waals surface area (Å²) in [5, 5.41) is 3.02. The van der Waals surface area contributed by atoms with Crippen LogP contribution in [-0.2, 0) is 12.4 Å². The molecule has 8 heteroatoms. The maximum absolute atomic E-state index is 13.0. The summed E-state index contributed by atoms with van der Waals surface area (Å²) in [6.07, 6.45) is -8.56. The van der Waals surface area contributed by atoms with Crippen molar-refractivity contribution in [3.63, 3.8) is 0 Å². The first-order valence-electron chi connectivity index (χ1n) is 6.18. The molecular formula is C13H14ClF6N. The van der Waals surface area contributed by atoms with E-state index in [-0.39, 0.29) is 30.0 Å². The number of nitrogens with one attached hydrogen (secondary N) is 1. The Balaban J connectivity index is 0.00000220. The Morgan fingerprint density at radius 1 is 0.905 bits per heavy atom. The zero-order valence-electron chi connectivity index (χ0n) is 10.8. The van der Waals surface area contributed by atoms with E-state index in [4.69, 9.17) is 0 Å². The Morgan fingerprint density at radius 3 is 1.95 bits per heavy atom. The maximum atomic E-state index is 13.0. The number of halogens is 7. The molecule has 1 aliphatic rings. The van der Waals surface area contributed by atoms with Crippen molar-refractivity contribution in [1.82, 2.24) is 5.32 Å². The van der Waals surface area contributed by atoms with Crippen molar-refractivity contribution < 1.29 is 26.3 Å². The minimum atomic E-state index is -4.78. The fourth-order valence-electron chi connectivity index (χ4n) is 2.47. The molecule has 1 saturated heterocycles. The highest BCUT2D eigenvalue weighted by Crippen LogP contribution is 2.41. The largest absolute Gasteiger partial charge is 0.416 e. The second kappa shape index (κ2) is 6.44. The van der Waals surface area contributed by atoms with E-state index in [2.05, 4.69) is 5.32 Å². The summed E-state index contributed by atoms with van der Waals surface area (Å²) in [5.74, 6) is -0.352. The van der Waals surface area contributed by atoms with E-state index in [0.717, 1.165) is 12.1 Å². The number of hydrogen-bond acceptors (Lipinski definition) is 1. The van der Waals surface area contributed by atoms with Crippen LogP contribution < -0.4 is 5.32 Å². The molecule has 1 heterocycles. The molecule has 0 aliphatic carbocycles. The number of hydrogen-bond donors (Lipinski definition) is 1. The SMILES string of the molecule is Cl.FC(F)(F)c1ccc(C2CCNCC2)c(C(F)(F)F)c1. The Hall–Kier alpha value is -0.950. The molecule has 0 atom stereocenters. The van der Waals surface area contributed by atoms with Gasteiger partial charge in [-0.15, -0.1) is 12.4 Å². The number of piperidine rings is 1. The zero-order valence-corrected chi connectivity index (χ0v) is 11.6. The van der Waals surface area contributed by atoms with Crippen LogP contribution >= 0.6 is 12.4 Å². The number of alkyl halides is 6. The van der Waals surface area contributed by atoms with E-state index < -0.39 is 23.5 Å². The zero-order chi connectivity index (χ0) is 15.0. The Kier molecular flexibility index (Phi) is 5.55. The minimum Gasteiger partial charge on any atom is -0.317 e. The molecule has 0 bridgehead atoms. The maximum Gasteiger partial charge on any atom is 0.416 e. The first kappa shape index (κ1) is 18.1. The van der Waals surface area contributed by atoms with Gasteiger partial charge in [0.25, 0.3) is 0 Å². The lowest BCUT2D eigenvalue weighted by atomic mass is 9.86. The third-order valence-corrected chi connectivity index (χ3v) is 3.46. The summed E-state index contributed by atoms with van der Waals surface area (Å²) in [7, 11) is 0. The summed E-state index contributed by atoms with van der Waals surface area (Å²) in [5.41, 5.74) is -2.46. The number of rotatable bonds is 1. The van der Waals surface area contributed by atoms with Gasteiger partial charge >= 0.3 is 12.4 Å². The highest BCUT2D eigenvalue weighted by molar-refractivity contribution is 5.85. The Labute approximate surface area is 124 Å². The first-order valence-corrected chi connectivity index (χ1v) is 6.18. The predicted octanol–water partition coefficient (Wildman–Crippen LogP) is 4.61. The van der Waals surface area contributed by atoms with Crippen molar-refractivity contribution in [3.05, 3.63) is 34.9 Å². The summed E-state index contributed by atoms with van der Waals surface area (Å²) in [4.78, 5) is 0. The predicted molar refractivity (Wildman–Crippen MR) is 68.5 cm³/mol. The van der Waals surface area contributed by atoms with Crippen LogP contribution in [0.5, 0.6) is 0 Å². The van der Waals surface area contributed by atoms with Crippen molar-refractivity contribution in [1.29, 1.82) is 0 Å². The van der Waals surface area contributed by atoms with E-state index in [9.17, 15) is 26.3 Å². The summed E-state index contributed by atoms with van der Waals surface area (Å²) in [6, 6.07) is 1.92. The van der Waals surface area contributed by atoms with Crippen LogP contribution in [0.3, 0.4) is 0 Å². The molecule has 1 fully saturated rings. The molecule has 2 rings (SSSR count). The highest BCUT2D eigenvalue weighted by Gasteiger charge is 2.39. The van der Waals surface area contributed by atoms with Crippen LogP contribution in [0.25, 0.3) is 0 Å².